The Balaban J connectivity index is 2.58. The third-order valence-corrected chi connectivity index (χ3v) is 3.53. The Morgan fingerprint density at radius 1 is 1.07 bits per heavy atom. The molecule has 3 N–H and O–H groups in total. The molecule has 0 bridgehead atoms. The van der Waals surface area contributed by atoms with E-state index in [9.17, 15) is 19.2 Å². The van der Waals surface area contributed by atoms with Crippen LogP contribution in [0.1, 0.15) is 19.4 Å². The Morgan fingerprint density at radius 2 is 1.74 bits per heavy atom. The minimum Gasteiger partial charge on any atom is -0.464 e. The topological polar surface area (TPSA) is 123 Å². The maximum absolute atomic E-state index is 12.1. The highest BCUT2D eigenvalue weighted by atomic mass is 16.5. The van der Waals surface area contributed by atoms with Gasteiger partial charge in [-0.1, -0.05) is 30.3 Å². The van der Waals surface area contributed by atoms with E-state index in [4.69, 9.17) is 4.74 Å². The molecule has 2 unspecified atom stereocenters. The Bertz CT molecular complexity index is 650. The van der Waals surface area contributed by atoms with E-state index >= 15 is 0 Å². The number of carbonyl (C=O) groups excluding carboxylic acids is 4. The van der Waals surface area contributed by atoms with Crippen molar-refractivity contribution in [1.82, 2.24) is 16.0 Å². The average Bonchev–Trinajstić information content (AvgIpc) is 2.66. The fourth-order valence-corrected chi connectivity index (χ4v) is 2.15. The minimum absolute atomic E-state index is 0.188. The van der Waals surface area contributed by atoms with E-state index in [1.165, 1.54) is 14.0 Å². The molecule has 1 aromatic carbocycles. The summed E-state index contributed by atoms with van der Waals surface area (Å²) >= 11 is 0. The zero-order valence-corrected chi connectivity index (χ0v) is 15.6. The van der Waals surface area contributed by atoms with Crippen molar-refractivity contribution in [2.24, 2.45) is 0 Å². The first-order chi connectivity index (χ1) is 12.9. The minimum atomic E-state index is -0.879. The summed E-state index contributed by atoms with van der Waals surface area (Å²) in [5, 5.41) is 7.22. The molecule has 0 saturated heterocycles. The molecule has 0 spiro atoms. The number of amides is 3. The summed E-state index contributed by atoms with van der Waals surface area (Å²) < 4.78 is 9.39. The first kappa shape index (κ1) is 21.9. The molecule has 9 heteroatoms. The molecule has 1 aromatic rings. The molecule has 0 radical (unpaired) electrons. The number of ether oxygens (including phenoxy) is 2. The van der Waals surface area contributed by atoms with Crippen LogP contribution in [-0.2, 0) is 30.3 Å². The molecule has 27 heavy (non-hydrogen) atoms. The van der Waals surface area contributed by atoms with Crippen LogP contribution < -0.4 is 16.0 Å². The van der Waals surface area contributed by atoms with Crippen LogP contribution in [0.15, 0.2) is 30.3 Å². The van der Waals surface area contributed by atoms with Gasteiger partial charge in [0, 0.05) is 6.42 Å². The van der Waals surface area contributed by atoms with E-state index in [0.29, 0.717) is 0 Å². The number of esters is 1. The number of nitrogens with one attached hydrogen (secondary N) is 3. The van der Waals surface area contributed by atoms with Crippen molar-refractivity contribution in [3.05, 3.63) is 35.9 Å². The van der Waals surface area contributed by atoms with Gasteiger partial charge in [-0.2, -0.15) is 0 Å². The van der Waals surface area contributed by atoms with Crippen LogP contribution in [0.3, 0.4) is 0 Å². The summed E-state index contributed by atoms with van der Waals surface area (Å²) in [4.78, 5) is 47.1. The summed E-state index contributed by atoms with van der Waals surface area (Å²) in [6.07, 6.45) is -0.494. The molecular weight excluding hydrogens is 354 g/mol. The molecule has 0 aliphatic carbocycles. The van der Waals surface area contributed by atoms with E-state index in [2.05, 4.69) is 20.7 Å². The van der Waals surface area contributed by atoms with Crippen LogP contribution in [0.25, 0.3) is 0 Å². The van der Waals surface area contributed by atoms with E-state index in [-0.39, 0.29) is 19.6 Å². The fourth-order valence-electron chi connectivity index (χ4n) is 2.15. The number of carbonyl (C=O) groups is 4. The zero-order valence-electron chi connectivity index (χ0n) is 15.6. The SMILES string of the molecule is CCOC(=O)C(Cc1ccccc1)NC(=O)CNC(=O)C(C)NC(=O)OC. The summed E-state index contributed by atoms with van der Waals surface area (Å²) in [6.45, 7) is 2.96. The van der Waals surface area contributed by atoms with Gasteiger partial charge < -0.3 is 25.4 Å². The molecule has 0 aromatic heterocycles. The average molecular weight is 379 g/mol. The normalized spacial score (nSPS) is 12.3. The molecule has 3 amide bonds. The van der Waals surface area contributed by atoms with Crippen molar-refractivity contribution in [2.45, 2.75) is 32.4 Å². The van der Waals surface area contributed by atoms with Crippen molar-refractivity contribution in [3.8, 4) is 0 Å². The molecule has 0 aliphatic rings. The second kappa shape index (κ2) is 11.5. The van der Waals surface area contributed by atoms with Crippen LogP contribution >= 0.6 is 0 Å². The van der Waals surface area contributed by atoms with Crippen LogP contribution in [0, 0.1) is 0 Å². The standard InChI is InChI=1S/C18H25N3O6/c1-4-27-17(24)14(10-13-8-6-5-7-9-13)21-15(22)11-19-16(23)12(2)20-18(25)26-3/h5-9,12,14H,4,10-11H2,1-3H3,(H,19,23)(H,20,25)(H,21,22). The number of rotatable bonds is 9. The van der Waals surface area contributed by atoms with Crippen molar-refractivity contribution in [3.63, 3.8) is 0 Å². The van der Waals surface area contributed by atoms with E-state index in [1.807, 2.05) is 30.3 Å². The second-order valence-corrected chi connectivity index (χ2v) is 5.64. The van der Waals surface area contributed by atoms with Gasteiger partial charge in [0.2, 0.25) is 11.8 Å². The molecule has 0 heterocycles. The summed E-state index contributed by atoms with van der Waals surface area (Å²) in [5.74, 6) is -1.67. The van der Waals surface area contributed by atoms with Gasteiger partial charge in [-0.15, -0.1) is 0 Å². The van der Waals surface area contributed by atoms with Gasteiger partial charge in [0.15, 0.2) is 0 Å². The van der Waals surface area contributed by atoms with Gasteiger partial charge in [0.25, 0.3) is 0 Å². The predicted molar refractivity (Wildman–Crippen MR) is 96.7 cm³/mol. The van der Waals surface area contributed by atoms with Crippen LogP contribution in [-0.4, -0.2) is 56.2 Å². The highest BCUT2D eigenvalue weighted by Crippen LogP contribution is 2.05. The van der Waals surface area contributed by atoms with E-state index in [1.54, 1.807) is 6.92 Å². The van der Waals surface area contributed by atoms with Gasteiger partial charge in [-0.25, -0.2) is 9.59 Å². The molecule has 2 atom stereocenters. The van der Waals surface area contributed by atoms with Gasteiger partial charge in [0.1, 0.15) is 12.1 Å². The smallest absolute Gasteiger partial charge is 0.407 e. The lowest BCUT2D eigenvalue weighted by molar-refractivity contribution is -0.147. The second-order valence-electron chi connectivity index (χ2n) is 5.64. The monoisotopic (exact) mass is 379 g/mol. The van der Waals surface area contributed by atoms with Crippen molar-refractivity contribution in [2.75, 3.05) is 20.3 Å². The highest BCUT2D eigenvalue weighted by Gasteiger charge is 2.23. The van der Waals surface area contributed by atoms with Gasteiger partial charge in [-0.05, 0) is 19.4 Å². The van der Waals surface area contributed by atoms with Gasteiger partial charge >= 0.3 is 12.1 Å². The number of methoxy groups -OCH3 is 1. The van der Waals surface area contributed by atoms with Crippen LogP contribution in [0.2, 0.25) is 0 Å². The zero-order chi connectivity index (χ0) is 20.2. The quantitative estimate of drug-likeness (QED) is 0.525. The summed E-state index contributed by atoms with van der Waals surface area (Å²) in [5.41, 5.74) is 0.857. The van der Waals surface area contributed by atoms with Gasteiger partial charge in [-0.3, -0.25) is 9.59 Å². The van der Waals surface area contributed by atoms with Crippen LogP contribution in [0.5, 0.6) is 0 Å². The van der Waals surface area contributed by atoms with Gasteiger partial charge in [0.05, 0.1) is 20.3 Å². The highest BCUT2D eigenvalue weighted by molar-refractivity contribution is 5.90. The summed E-state index contributed by atoms with van der Waals surface area (Å²) in [7, 11) is 1.18. The number of alkyl carbamates (subject to hydrolysis) is 1. The molecule has 0 aliphatic heterocycles. The Labute approximate surface area is 157 Å². The Kier molecular flexibility index (Phi) is 9.35. The summed E-state index contributed by atoms with van der Waals surface area (Å²) in [6, 6.07) is 7.42. The maximum Gasteiger partial charge on any atom is 0.407 e. The molecule has 1 rings (SSSR count). The first-order valence-electron chi connectivity index (χ1n) is 8.49. The van der Waals surface area contributed by atoms with Crippen molar-refractivity contribution >= 4 is 23.9 Å². The van der Waals surface area contributed by atoms with E-state index in [0.717, 1.165) is 5.56 Å². The molecule has 148 valence electrons. The fraction of sp³-hybridized carbons (Fsp3) is 0.444. The molecular formula is C18H25N3O6. The predicted octanol–water partition coefficient (Wildman–Crippen LogP) is 0.138. The molecule has 9 nitrogen and oxygen atoms in total. The number of hydrogen-bond acceptors (Lipinski definition) is 6. The van der Waals surface area contributed by atoms with E-state index < -0.39 is 36.0 Å². The Hall–Kier alpha value is -3.10. The van der Waals surface area contributed by atoms with Crippen molar-refractivity contribution < 1.29 is 28.7 Å². The maximum atomic E-state index is 12.1. The third-order valence-electron chi connectivity index (χ3n) is 3.53. The lowest BCUT2D eigenvalue weighted by Gasteiger charge is -2.18. The number of hydrogen-bond donors (Lipinski definition) is 3. The largest absolute Gasteiger partial charge is 0.464 e. The Morgan fingerprint density at radius 3 is 2.33 bits per heavy atom. The lowest BCUT2D eigenvalue weighted by atomic mass is 10.1. The number of benzene rings is 1. The van der Waals surface area contributed by atoms with Crippen LogP contribution in [0.4, 0.5) is 4.79 Å². The third kappa shape index (κ3) is 8.21. The van der Waals surface area contributed by atoms with Crippen molar-refractivity contribution in [1.29, 1.82) is 0 Å². The lowest BCUT2D eigenvalue weighted by Crippen LogP contribution is -2.50. The first-order valence-corrected chi connectivity index (χ1v) is 8.49. The molecule has 0 fully saturated rings. The molecule has 0 saturated carbocycles.